The van der Waals surface area contributed by atoms with E-state index in [9.17, 15) is 0 Å². The van der Waals surface area contributed by atoms with Crippen LogP contribution in [-0.4, -0.2) is 24.9 Å². The van der Waals surface area contributed by atoms with Gasteiger partial charge in [-0.3, -0.25) is 10.8 Å². The Morgan fingerprint density at radius 2 is 1.83 bits per heavy atom. The zero-order valence-electron chi connectivity index (χ0n) is 13.4. The third kappa shape index (κ3) is 3.80. The standard InChI is InChI=1S/C19H19N3O2/c1-3-13-9-10-16(17(11-13)24-12-23-4-2)18(20)14-7-5-6-8-15(14)19(21)22/h1,5-11,20H,4,12H2,2H3,(H3,21,22). The van der Waals surface area contributed by atoms with Gasteiger partial charge in [0.25, 0.3) is 0 Å². The Hall–Kier alpha value is -3.10. The van der Waals surface area contributed by atoms with Crippen LogP contribution in [0.5, 0.6) is 5.75 Å². The van der Waals surface area contributed by atoms with Gasteiger partial charge in [-0.1, -0.05) is 30.2 Å². The van der Waals surface area contributed by atoms with Crippen LogP contribution in [0, 0.1) is 23.2 Å². The summed E-state index contributed by atoms with van der Waals surface area (Å²) in [5.74, 6) is 2.92. The van der Waals surface area contributed by atoms with Crippen LogP contribution >= 0.6 is 0 Å². The van der Waals surface area contributed by atoms with Crippen molar-refractivity contribution >= 4 is 11.5 Å². The second kappa shape index (κ2) is 7.95. The quantitative estimate of drug-likeness (QED) is 0.241. The number of nitrogen functional groups attached to an aromatic ring is 1. The van der Waals surface area contributed by atoms with Crippen molar-refractivity contribution in [1.82, 2.24) is 0 Å². The van der Waals surface area contributed by atoms with Gasteiger partial charge < -0.3 is 15.2 Å². The van der Waals surface area contributed by atoms with Crippen molar-refractivity contribution in [1.29, 1.82) is 10.8 Å². The Balaban J connectivity index is 2.46. The normalized spacial score (nSPS) is 10.0. The molecule has 2 aromatic rings. The molecule has 24 heavy (non-hydrogen) atoms. The molecule has 0 amide bonds. The lowest BCUT2D eigenvalue weighted by Crippen LogP contribution is -2.17. The summed E-state index contributed by atoms with van der Waals surface area (Å²) in [6.07, 6.45) is 5.44. The molecule has 0 atom stereocenters. The molecule has 0 heterocycles. The first-order chi connectivity index (χ1) is 11.6. The van der Waals surface area contributed by atoms with E-state index in [4.69, 9.17) is 32.4 Å². The molecule has 0 unspecified atom stereocenters. The number of ether oxygens (including phenoxy) is 2. The number of hydrogen-bond donors (Lipinski definition) is 3. The molecule has 0 aliphatic rings. The molecule has 0 spiro atoms. The van der Waals surface area contributed by atoms with Gasteiger partial charge >= 0.3 is 0 Å². The SMILES string of the molecule is C#Cc1ccc(C(=N)c2ccccc2C(=N)N)c(OCOCC)c1. The number of terminal acetylenes is 1. The third-order valence-corrected chi connectivity index (χ3v) is 3.41. The molecule has 2 aromatic carbocycles. The fraction of sp³-hybridized carbons (Fsp3) is 0.158. The molecule has 4 N–H and O–H groups in total. The van der Waals surface area contributed by atoms with E-state index in [0.29, 0.717) is 34.6 Å². The van der Waals surface area contributed by atoms with Crippen LogP contribution in [0.3, 0.4) is 0 Å². The molecular weight excluding hydrogens is 302 g/mol. The number of nitrogens with two attached hydrogens (primary N) is 1. The largest absolute Gasteiger partial charge is 0.467 e. The molecular formula is C19H19N3O2. The predicted molar refractivity (Wildman–Crippen MR) is 94.9 cm³/mol. The van der Waals surface area contributed by atoms with Crippen LogP contribution in [0.25, 0.3) is 0 Å². The highest BCUT2D eigenvalue weighted by molar-refractivity contribution is 6.18. The molecule has 0 aromatic heterocycles. The average Bonchev–Trinajstić information content (AvgIpc) is 2.61. The Kier molecular flexibility index (Phi) is 5.72. The zero-order valence-corrected chi connectivity index (χ0v) is 13.4. The van der Waals surface area contributed by atoms with Crippen LogP contribution in [0.2, 0.25) is 0 Å². The van der Waals surface area contributed by atoms with E-state index in [1.807, 2.05) is 6.92 Å². The van der Waals surface area contributed by atoms with Gasteiger partial charge in [0.1, 0.15) is 11.6 Å². The van der Waals surface area contributed by atoms with Crippen molar-refractivity contribution in [3.63, 3.8) is 0 Å². The van der Waals surface area contributed by atoms with E-state index in [1.54, 1.807) is 42.5 Å². The summed E-state index contributed by atoms with van der Waals surface area (Å²) in [6.45, 7) is 2.46. The van der Waals surface area contributed by atoms with Gasteiger partial charge in [-0.15, -0.1) is 6.42 Å². The van der Waals surface area contributed by atoms with Crippen molar-refractivity contribution in [3.05, 3.63) is 64.7 Å². The predicted octanol–water partition coefficient (Wildman–Crippen LogP) is 2.74. The smallest absolute Gasteiger partial charge is 0.189 e. The van der Waals surface area contributed by atoms with Crippen molar-refractivity contribution in [2.45, 2.75) is 6.92 Å². The molecule has 0 saturated heterocycles. The average molecular weight is 321 g/mol. The monoisotopic (exact) mass is 321 g/mol. The van der Waals surface area contributed by atoms with Crippen LogP contribution in [0.15, 0.2) is 42.5 Å². The summed E-state index contributed by atoms with van der Waals surface area (Å²) in [5.41, 5.74) is 8.09. The Labute approximate surface area is 141 Å². The first-order valence-corrected chi connectivity index (χ1v) is 7.42. The summed E-state index contributed by atoms with van der Waals surface area (Å²) in [7, 11) is 0. The fourth-order valence-electron chi connectivity index (χ4n) is 2.21. The van der Waals surface area contributed by atoms with E-state index in [2.05, 4.69) is 5.92 Å². The molecule has 0 saturated carbocycles. The maximum atomic E-state index is 8.53. The minimum absolute atomic E-state index is 0.0686. The third-order valence-electron chi connectivity index (χ3n) is 3.41. The minimum atomic E-state index is -0.0904. The highest BCUT2D eigenvalue weighted by atomic mass is 16.7. The first-order valence-electron chi connectivity index (χ1n) is 7.42. The number of amidine groups is 1. The minimum Gasteiger partial charge on any atom is -0.467 e. The summed E-state index contributed by atoms with van der Waals surface area (Å²) in [5, 5.41) is 16.2. The van der Waals surface area contributed by atoms with Crippen molar-refractivity contribution in [3.8, 4) is 18.1 Å². The molecule has 0 radical (unpaired) electrons. The van der Waals surface area contributed by atoms with Gasteiger partial charge in [0, 0.05) is 28.9 Å². The summed E-state index contributed by atoms with van der Waals surface area (Å²) >= 11 is 0. The molecule has 0 bridgehead atoms. The van der Waals surface area contributed by atoms with Gasteiger partial charge in [0.05, 0.1) is 5.71 Å². The first kappa shape index (κ1) is 17.3. The maximum absolute atomic E-state index is 8.53. The summed E-state index contributed by atoms with van der Waals surface area (Å²) in [6, 6.07) is 12.2. The highest BCUT2D eigenvalue weighted by Crippen LogP contribution is 2.25. The second-order valence-corrected chi connectivity index (χ2v) is 4.94. The van der Waals surface area contributed by atoms with Crippen LogP contribution < -0.4 is 10.5 Å². The molecule has 0 aliphatic heterocycles. The number of hydrogen-bond acceptors (Lipinski definition) is 4. The van der Waals surface area contributed by atoms with Crippen LogP contribution in [-0.2, 0) is 4.74 Å². The lowest BCUT2D eigenvalue weighted by molar-refractivity contribution is 0.0223. The van der Waals surface area contributed by atoms with Gasteiger partial charge in [-0.2, -0.15) is 0 Å². The molecule has 122 valence electrons. The van der Waals surface area contributed by atoms with Crippen LogP contribution in [0.4, 0.5) is 0 Å². The molecule has 5 nitrogen and oxygen atoms in total. The zero-order chi connectivity index (χ0) is 17.5. The van der Waals surface area contributed by atoms with E-state index in [0.717, 1.165) is 0 Å². The van der Waals surface area contributed by atoms with E-state index in [-0.39, 0.29) is 18.3 Å². The lowest BCUT2D eigenvalue weighted by Gasteiger charge is -2.15. The van der Waals surface area contributed by atoms with E-state index < -0.39 is 0 Å². The number of nitrogens with one attached hydrogen (secondary N) is 2. The van der Waals surface area contributed by atoms with Gasteiger partial charge in [-0.25, -0.2) is 0 Å². The molecule has 0 aliphatic carbocycles. The van der Waals surface area contributed by atoms with Crippen LogP contribution in [0.1, 0.15) is 29.2 Å². The highest BCUT2D eigenvalue weighted by Gasteiger charge is 2.16. The Morgan fingerprint density at radius 1 is 1.12 bits per heavy atom. The maximum Gasteiger partial charge on any atom is 0.189 e. The lowest BCUT2D eigenvalue weighted by atomic mass is 9.95. The molecule has 5 heteroatoms. The summed E-state index contributed by atoms with van der Waals surface area (Å²) in [4.78, 5) is 0. The number of benzene rings is 2. The van der Waals surface area contributed by atoms with Gasteiger partial charge in [0.15, 0.2) is 6.79 Å². The second-order valence-electron chi connectivity index (χ2n) is 4.94. The molecule has 2 rings (SSSR count). The number of rotatable bonds is 7. The van der Waals surface area contributed by atoms with Gasteiger partial charge in [0.2, 0.25) is 0 Å². The molecule has 0 fully saturated rings. The van der Waals surface area contributed by atoms with Crippen molar-refractivity contribution < 1.29 is 9.47 Å². The Morgan fingerprint density at radius 3 is 2.46 bits per heavy atom. The van der Waals surface area contributed by atoms with Gasteiger partial charge in [-0.05, 0) is 25.1 Å². The summed E-state index contributed by atoms with van der Waals surface area (Å²) < 4.78 is 10.8. The Bertz CT molecular complexity index is 806. The van der Waals surface area contributed by atoms with Crippen molar-refractivity contribution in [2.75, 3.05) is 13.4 Å². The van der Waals surface area contributed by atoms with E-state index in [1.165, 1.54) is 0 Å². The topological polar surface area (TPSA) is 92.2 Å². The van der Waals surface area contributed by atoms with E-state index >= 15 is 0 Å². The van der Waals surface area contributed by atoms with Crippen molar-refractivity contribution in [2.24, 2.45) is 5.73 Å². The fourth-order valence-corrected chi connectivity index (χ4v) is 2.21.